The van der Waals surface area contributed by atoms with Crippen molar-refractivity contribution in [1.29, 1.82) is 0 Å². The van der Waals surface area contributed by atoms with Crippen molar-refractivity contribution in [3.05, 3.63) is 29.6 Å². The number of β-amino-alcohol motifs (C(OH)–C–C–N with tert-alkyl or cyclic N) is 1. The van der Waals surface area contributed by atoms with Gasteiger partial charge < -0.3 is 15.3 Å². The number of hydrogen-bond donors (Lipinski definition) is 2. The molecule has 1 unspecified atom stereocenters. The molecule has 0 amide bonds. The van der Waals surface area contributed by atoms with E-state index in [1.165, 1.54) is 12.8 Å². The molecule has 2 N–H and O–H groups in total. The molecule has 1 aliphatic heterocycles. The quantitative estimate of drug-likeness (QED) is 0.888. The Labute approximate surface area is 119 Å². The summed E-state index contributed by atoms with van der Waals surface area (Å²) in [6.45, 7) is 3.88. The number of rotatable bonds is 4. The lowest BCUT2D eigenvalue weighted by molar-refractivity contribution is 0.0447. The van der Waals surface area contributed by atoms with E-state index in [9.17, 15) is 9.50 Å². The Bertz CT molecular complexity index is 485. The second-order valence-corrected chi connectivity index (χ2v) is 6.46. The highest BCUT2D eigenvalue weighted by molar-refractivity contribution is 5.50. The summed E-state index contributed by atoms with van der Waals surface area (Å²) < 4.78 is 14.3. The molecule has 0 aromatic heterocycles. The summed E-state index contributed by atoms with van der Waals surface area (Å²) in [5, 5.41) is 13.5. The number of nitrogens with zero attached hydrogens (tertiary/aromatic N) is 1. The molecule has 110 valence electrons. The van der Waals surface area contributed by atoms with Gasteiger partial charge in [0.25, 0.3) is 0 Å². The zero-order valence-corrected chi connectivity index (χ0v) is 12.0. The summed E-state index contributed by atoms with van der Waals surface area (Å²) in [6, 6.07) is 6.08. The van der Waals surface area contributed by atoms with Crippen molar-refractivity contribution in [2.24, 2.45) is 0 Å². The largest absolute Gasteiger partial charge is 0.388 e. The zero-order valence-electron chi connectivity index (χ0n) is 12.0. The molecular formula is C16H23FN2O. The predicted octanol–water partition coefficient (Wildman–Crippen LogP) is 2.43. The molecule has 3 nitrogen and oxygen atoms in total. The first kappa shape index (κ1) is 13.8. The maximum Gasteiger partial charge on any atom is 0.146 e. The third-order valence-corrected chi connectivity index (χ3v) is 4.20. The highest BCUT2D eigenvalue weighted by atomic mass is 19.1. The summed E-state index contributed by atoms with van der Waals surface area (Å²) in [5.74, 6) is -0.183. The molecule has 20 heavy (non-hydrogen) atoms. The van der Waals surface area contributed by atoms with Gasteiger partial charge in [0.05, 0.1) is 11.3 Å². The van der Waals surface area contributed by atoms with E-state index in [0.29, 0.717) is 18.3 Å². The van der Waals surface area contributed by atoms with Gasteiger partial charge in [0.15, 0.2) is 0 Å². The minimum atomic E-state index is -0.711. The molecule has 1 saturated heterocycles. The van der Waals surface area contributed by atoms with Gasteiger partial charge in [-0.2, -0.15) is 0 Å². The van der Waals surface area contributed by atoms with Crippen molar-refractivity contribution in [2.45, 2.75) is 50.8 Å². The van der Waals surface area contributed by atoms with Crippen LogP contribution in [0.15, 0.2) is 18.2 Å². The maximum absolute atomic E-state index is 14.3. The first-order valence-corrected chi connectivity index (χ1v) is 7.53. The number of piperidine rings is 1. The predicted molar refractivity (Wildman–Crippen MR) is 78.3 cm³/mol. The van der Waals surface area contributed by atoms with Gasteiger partial charge in [-0.1, -0.05) is 6.07 Å². The molecule has 0 radical (unpaired) electrons. The molecule has 1 aromatic rings. The van der Waals surface area contributed by atoms with Gasteiger partial charge >= 0.3 is 0 Å². The Balaban J connectivity index is 1.69. The molecular weight excluding hydrogens is 255 g/mol. The zero-order chi connectivity index (χ0) is 14.2. The summed E-state index contributed by atoms with van der Waals surface area (Å²) in [5.41, 5.74) is 0.888. The smallest absolute Gasteiger partial charge is 0.146 e. The highest BCUT2D eigenvalue weighted by Crippen LogP contribution is 2.28. The first-order valence-electron chi connectivity index (χ1n) is 7.53. The summed E-state index contributed by atoms with van der Waals surface area (Å²) in [7, 11) is 0. The Kier molecular flexibility index (Phi) is 3.69. The van der Waals surface area contributed by atoms with Gasteiger partial charge in [0.1, 0.15) is 5.82 Å². The van der Waals surface area contributed by atoms with Crippen molar-refractivity contribution >= 4 is 5.69 Å². The number of benzene rings is 1. The molecule has 2 fully saturated rings. The molecule has 1 saturated carbocycles. The molecule has 4 heteroatoms. The first-order chi connectivity index (χ1) is 9.53. The lowest BCUT2D eigenvalue weighted by atomic mass is 9.94. The molecule has 1 aromatic carbocycles. The average molecular weight is 278 g/mol. The molecule has 3 rings (SSSR count). The Hall–Kier alpha value is -1.13. The van der Waals surface area contributed by atoms with E-state index in [0.717, 1.165) is 31.5 Å². The molecule has 2 aliphatic rings. The summed E-state index contributed by atoms with van der Waals surface area (Å²) in [6.07, 6.45) is 4.17. The number of nitrogens with one attached hydrogen (secondary N) is 1. The molecule has 0 spiro atoms. The van der Waals surface area contributed by atoms with Crippen LogP contribution in [-0.2, 0) is 6.54 Å². The van der Waals surface area contributed by atoms with E-state index in [-0.39, 0.29) is 5.82 Å². The van der Waals surface area contributed by atoms with Crippen LogP contribution in [0.1, 0.15) is 38.2 Å². The van der Waals surface area contributed by atoms with Gasteiger partial charge in [0, 0.05) is 25.7 Å². The fourth-order valence-electron chi connectivity index (χ4n) is 2.89. The Morgan fingerprint density at radius 3 is 2.90 bits per heavy atom. The molecule has 1 atom stereocenters. The van der Waals surface area contributed by atoms with Crippen LogP contribution in [0.25, 0.3) is 0 Å². The minimum Gasteiger partial charge on any atom is -0.388 e. The Morgan fingerprint density at radius 1 is 1.45 bits per heavy atom. The van der Waals surface area contributed by atoms with E-state index < -0.39 is 5.60 Å². The van der Waals surface area contributed by atoms with E-state index in [1.54, 1.807) is 6.07 Å². The average Bonchev–Trinajstić information content (AvgIpc) is 3.19. The van der Waals surface area contributed by atoms with Gasteiger partial charge in [-0.3, -0.25) is 0 Å². The maximum atomic E-state index is 14.3. The molecule has 0 bridgehead atoms. The fraction of sp³-hybridized carbons (Fsp3) is 0.625. The van der Waals surface area contributed by atoms with Gasteiger partial charge in [-0.15, -0.1) is 0 Å². The third kappa shape index (κ3) is 3.30. The number of halogens is 1. The molecule has 1 aliphatic carbocycles. The lowest BCUT2D eigenvalue weighted by Gasteiger charge is -2.38. The topological polar surface area (TPSA) is 35.5 Å². The van der Waals surface area contributed by atoms with Crippen molar-refractivity contribution < 1.29 is 9.50 Å². The fourth-order valence-corrected chi connectivity index (χ4v) is 2.89. The number of aliphatic hydroxyl groups is 1. The van der Waals surface area contributed by atoms with E-state index in [4.69, 9.17) is 0 Å². The van der Waals surface area contributed by atoms with Crippen molar-refractivity contribution in [3.63, 3.8) is 0 Å². The standard InChI is InChI=1S/C16H23FN2O/c1-16(20)7-2-8-19(11-16)15-6-3-12(9-14(15)17)10-18-13-4-5-13/h3,6,9,13,18,20H,2,4-5,7-8,10-11H2,1H3. The van der Waals surface area contributed by atoms with Crippen LogP contribution in [0.5, 0.6) is 0 Å². The van der Waals surface area contributed by atoms with Crippen LogP contribution in [0.4, 0.5) is 10.1 Å². The number of hydrogen-bond acceptors (Lipinski definition) is 3. The van der Waals surface area contributed by atoms with E-state index in [2.05, 4.69) is 5.32 Å². The van der Waals surface area contributed by atoms with Crippen LogP contribution in [-0.4, -0.2) is 29.8 Å². The Morgan fingerprint density at radius 2 is 2.25 bits per heavy atom. The van der Waals surface area contributed by atoms with E-state index in [1.807, 2.05) is 24.0 Å². The van der Waals surface area contributed by atoms with Crippen LogP contribution >= 0.6 is 0 Å². The second kappa shape index (κ2) is 5.34. The van der Waals surface area contributed by atoms with Crippen LogP contribution < -0.4 is 10.2 Å². The van der Waals surface area contributed by atoms with Crippen molar-refractivity contribution in [2.75, 3.05) is 18.0 Å². The minimum absolute atomic E-state index is 0.183. The van der Waals surface area contributed by atoms with Crippen molar-refractivity contribution in [3.8, 4) is 0 Å². The van der Waals surface area contributed by atoms with Crippen LogP contribution in [0.3, 0.4) is 0 Å². The van der Waals surface area contributed by atoms with Crippen LogP contribution in [0.2, 0.25) is 0 Å². The molecule has 1 heterocycles. The SMILES string of the molecule is CC1(O)CCCN(c2ccc(CNC3CC3)cc2F)C1. The van der Waals surface area contributed by atoms with Gasteiger partial charge in [-0.05, 0) is 50.3 Å². The van der Waals surface area contributed by atoms with Crippen LogP contribution in [0, 0.1) is 5.82 Å². The van der Waals surface area contributed by atoms with E-state index >= 15 is 0 Å². The normalized spacial score (nSPS) is 26.9. The summed E-state index contributed by atoms with van der Waals surface area (Å²) in [4.78, 5) is 1.96. The monoisotopic (exact) mass is 278 g/mol. The van der Waals surface area contributed by atoms with Gasteiger partial charge in [-0.25, -0.2) is 4.39 Å². The lowest BCUT2D eigenvalue weighted by Crippen LogP contribution is -2.46. The second-order valence-electron chi connectivity index (χ2n) is 6.46. The number of anilines is 1. The highest BCUT2D eigenvalue weighted by Gasteiger charge is 2.29. The van der Waals surface area contributed by atoms with Crippen molar-refractivity contribution in [1.82, 2.24) is 5.32 Å². The summed E-state index contributed by atoms with van der Waals surface area (Å²) >= 11 is 0. The van der Waals surface area contributed by atoms with Gasteiger partial charge in [0.2, 0.25) is 0 Å². The third-order valence-electron chi connectivity index (χ3n) is 4.20.